The number of halogens is 2. The Labute approximate surface area is 194 Å². The van der Waals surface area contributed by atoms with Gasteiger partial charge < -0.3 is 25.0 Å². The molecule has 9 nitrogen and oxygen atoms in total. The predicted octanol–water partition coefficient (Wildman–Crippen LogP) is 2.54. The van der Waals surface area contributed by atoms with E-state index in [0.717, 1.165) is 11.3 Å². The highest BCUT2D eigenvalue weighted by Crippen LogP contribution is 2.22. The number of benzene rings is 1. The van der Waals surface area contributed by atoms with Gasteiger partial charge in [-0.1, -0.05) is 29.3 Å². The summed E-state index contributed by atoms with van der Waals surface area (Å²) in [5.41, 5.74) is 0.775. The Balaban J connectivity index is 1.87. The summed E-state index contributed by atoms with van der Waals surface area (Å²) in [6.07, 6.45) is -0.832. The van der Waals surface area contributed by atoms with E-state index in [1.165, 1.54) is 6.92 Å². The van der Waals surface area contributed by atoms with E-state index in [4.69, 9.17) is 27.9 Å². The zero-order valence-corrected chi connectivity index (χ0v) is 19.1. The van der Waals surface area contributed by atoms with Crippen molar-refractivity contribution in [3.05, 3.63) is 33.8 Å². The zero-order valence-electron chi connectivity index (χ0n) is 16.8. The van der Waals surface area contributed by atoms with Gasteiger partial charge in [0.1, 0.15) is 6.04 Å². The van der Waals surface area contributed by atoms with E-state index in [0.29, 0.717) is 22.5 Å². The van der Waals surface area contributed by atoms with Crippen LogP contribution in [-0.4, -0.2) is 59.8 Å². The molecule has 12 heteroatoms. The molecule has 0 bridgehead atoms. The minimum absolute atomic E-state index is 0.00291. The van der Waals surface area contributed by atoms with Crippen LogP contribution in [0.15, 0.2) is 18.2 Å². The number of carbonyl (C=O) groups excluding carboxylic acids is 4. The standard InChI is InChI=1S/C19H23Cl2N3O6S/c1-12(25)29-11-30-19(28)23-16(18(27)24-6-7-31-10-24)4-5-17(26)22-9-13-2-3-14(20)15(21)8-13/h2-3,8,16H,4-7,9-11H2,1H3,(H,22,26)(H,23,28)/t16-/m0/s1. The lowest BCUT2D eigenvalue weighted by molar-refractivity contribution is -0.149. The van der Waals surface area contributed by atoms with E-state index < -0.39 is 24.9 Å². The molecule has 1 aliphatic heterocycles. The molecule has 0 aliphatic carbocycles. The summed E-state index contributed by atoms with van der Waals surface area (Å²) in [5.74, 6) is 0.123. The number of esters is 1. The van der Waals surface area contributed by atoms with Crippen LogP contribution in [0.4, 0.5) is 4.79 Å². The molecule has 2 N–H and O–H groups in total. The Bertz CT molecular complexity index is 820. The first-order valence-electron chi connectivity index (χ1n) is 9.40. The number of rotatable bonds is 9. The van der Waals surface area contributed by atoms with Crippen LogP contribution in [0.25, 0.3) is 0 Å². The van der Waals surface area contributed by atoms with Crippen molar-refractivity contribution in [2.45, 2.75) is 32.4 Å². The lowest BCUT2D eigenvalue weighted by atomic mass is 10.1. The molecular weight excluding hydrogens is 469 g/mol. The highest BCUT2D eigenvalue weighted by Gasteiger charge is 2.29. The second-order valence-corrected chi connectivity index (χ2v) is 8.47. The molecule has 1 aromatic rings. The van der Waals surface area contributed by atoms with Crippen molar-refractivity contribution in [3.8, 4) is 0 Å². The Morgan fingerprint density at radius 1 is 1.19 bits per heavy atom. The lowest BCUT2D eigenvalue weighted by Gasteiger charge is -2.23. The molecule has 0 radical (unpaired) electrons. The number of nitrogens with zero attached hydrogens (tertiary/aromatic N) is 1. The molecule has 0 unspecified atom stereocenters. The summed E-state index contributed by atoms with van der Waals surface area (Å²) in [5, 5.41) is 5.99. The minimum Gasteiger partial charge on any atom is -0.428 e. The van der Waals surface area contributed by atoms with Crippen LogP contribution < -0.4 is 10.6 Å². The number of carbonyl (C=O) groups is 4. The smallest absolute Gasteiger partial charge is 0.410 e. The van der Waals surface area contributed by atoms with Crippen LogP contribution >= 0.6 is 35.0 Å². The normalized spacial score (nSPS) is 14.0. The van der Waals surface area contributed by atoms with E-state index in [2.05, 4.69) is 15.4 Å². The van der Waals surface area contributed by atoms with Crippen LogP contribution in [-0.2, 0) is 30.4 Å². The van der Waals surface area contributed by atoms with E-state index >= 15 is 0 Å². The summed E-state index contributed by atoms with van der Waals surface area (Å²) < 4.78 is 9.28. The molecule has 31 heavy (non-hydrogen) atoms. The summed E-state index contributed by atoms with van der Waals surface area (Å²) in [6.45, 7) is 1.42. The number of thioether (sulfide) groups is 1. The monoisotopic (exact) mass is 491 g/mol. The van der Waals surface area contributed by atoms with Crippen molar-refractivity contribution in [3.63, 3.8) is 0 Å². The van der Waals surface area contributed by atoms with Gasteiger partial charge in [0.05, 0.1) is 15.9 Å². The van der Waals surface area contributed by atoms with Crippen LogP contribution in [0.2, 0.25) is 10.0 Å². The number of hydrogen-bond acceptors (Lipinski definition) is 7. The van der Waals surface area contributed by atoms with Gasteiger partial charge in [-0.25, -0.2) is 4.79 Å². The summed E-state index contributed by atoms with van der Waals surface area (Å²) >= 11 is 13.4. The lowest BCUT2D eigenvalue weighted by Crippen LogP contribution is -2.48. The highest BCUT2D eigenvalue weighted by atomic mass is 35.5. The number of nitrogens with one attached hydrogen (secondary N) is 2. The van der Waals surface area contributed by atoms with E-state index in [1.807, 2.05) is 0 Å². The molecule has 2 rings (SSSR count). The molecular formula is C19H23Cl2N3O6S. The molecule has 1 fully saturated rings. The third-order valence-corrected chi connectivity index (χ3v) is 5.95. The average Bonchev–Trinajstić information content (AvgIpc) is 3.26. The average molecular weight is 492 g/mol. The number of amides is 3. The second-order valence-electron chi connectivity index (χ2n) is 6.59. The molecule has 1 atom stereocenters. The summed E-state index contributed by atoms with van der Waals surface area (Å²) in [4.78, 5) is 49.3. The summed E-state index contributed by atoms with van der Waals surface area (Å²) in [6, 6.07) is 4.09. The zero-order chi connectivity index (χ0) is 22.8. The van der Waals surface area contributed by atoms with Crippen molar-refractivity contribution in [2.75, 3.05) is 25.0 Å². The van der Waals surface area contributed by atoms with Crippen LogP contribution in [0, 0.1) is 0 Å². The van der Waals surface area contributed by atoms with Crippen molar-refractivity contribution < 1.29 is 28.7 Å². The SMILES string of the molecule is CC(=O)OCOC(=O)N[C@@H](CCC(=O)NCc1ccc(Cl)c(Cl)c1)C(=O)N1CCSC1. The Hall–Kier alpha value is -2.17. The van der Waals surface area contributed by atoms with Gasteiger partial charge in [-0.15, -0.1) is 11.8 Å². The number of alkyl carbamates (subject to hydrolysis) is 1. The first kappa shape index (κ1) is 25.1. The van der Waals surface area contributed by atoms with Crippen LogP contribution in [0.5, 0.6) is 0 Å². The quantitative estimate of drug-likeness (QED) is 0.402. The van der Waals surface area contributed by atoms with Crippen molar-refractivity contribution >= 4 is 58.8 Å². The number of hydrogen-bond donors (Lipinski definition) is 2. The van der Waals surface area contributed by atoms with E-state index in [9.17, 15) is 19.2 Å². The van der Waals surface area contributed by atoms with Gasteiger partial charge in [-0.2, -0.15) is 0 Å². The molecule has 1 aliphatic rings. The predicted molar refractivity (Wildman–Crippen MR) is 117 cm³/mol. The van der Waals surface area contributed by atoms with E-state index in [1.54, 1.807) is 34.9 Å². The fraction of sp³-hybridized carbons (Fsp3) is 0.474. The molecule has 1 aromatic carbocycles. The molecule has 1 heterocycles. The van der Waals surface area contributed by atoms with Gasteiger partial charge in [0, 0.05) is 32.2 Å². The molecule has 1 saturated heterocycles. The summed E-state index contributed by atoms with van der Waals surface area (Å²) in [7, 11) is 0. The van der Waals surface area contributed by atoms with Crippen LogP contribution in [0.3, 0.4) is 0 Å². The van der Waals surface area contributed by atoms with Crippen LogP contribution in [0.1, 0.15) is 25.3 Å². The maximum Gasteiger partial charge on any atom is 0.410 e. The fourth-order valence-electron chi connectivity index (χ4n) is 2.63. The van der Waals surface area contributed by atoms with Gasteiger partial charge in [0.15, 0.2) is 0 Å². The molecule has 170 valence electrons. The van der Waals surface area contributed by atoms with E-state index in [-0.39, 0.29) is 31.2 Å². The van der Waals surface area contributed by atoms with Gasteiger partial charge in [-0.3, -0.25) is 14.4 Å². The fourth-order valence-corrected chi connectivity index (χ4v) is 3.91. The van der Waals surface area contributed by atoms with Crippen molar-refractivity contribution in [1.82, 2.24) is 15.5 Å². The maximum absolute atomic E-state index is 12.7. The Kier molecular flexibility index (Phi) is 10.2. The van der Waals surface area contributed by atoms with Gasteiger partial charge in [0.25, 0.3) is 0 Å². The third-order valence-electron chi connectivity index (χ3n) is 4.24. The first-order chi connectivity index (χ1) is 14.8. The molecule has 3 amide bonds. The van der Waals surface area contributed by atoms with Crippen molar-refractivity contribution in [2.24, 2.45) is 0 Å². The molecule has 0 saturated carbocycles. The number of ether oxygens (including phenoxy) is 2. The van der Waals surface area contributed by atoms with Gasteiger partial charge in [0.2, 0.25) is 18.6 Å². The topological polar surface area (TPSA) is 114 Å². The largest absolute Gasteiger partial charge is 0.428 e. The molecule has 0 spiro atoms. The third kappa shape index (κ3) is 8.84. The highest BCUT2D eigenvalue weighted by molar-refractivity contribution is 7.99. The van der Waals surface area contributed by atoms with Gasteiger partial charge in [-0.05, 0) is 24.1 Å². The maximum atomic E-state index is 12.7. The minimum atomic E-state index is -0.945. The molecule has 0 aromatic heterocycles. The van der Waals surface area contributed by atoms with Gasteiger partial charge >= 0.3 is 12.1 Å². The second kappa shape index (κ2) is 12.6. The Morgan fingerprint density at radius 2 is 1.97 bits per heavy atom. The van der Waals surface area contributed by atoms with Crippen molar-refractivity contribution in [1.29, 1.82) is 0 Å². The Morgan fingerprint density at radius 3 is 2.61 bits per heavy atom. The first-order valence-corrected chi connectivity index (χ1v) is 11.3.